The van der Waals surface area contributed by atoms with E-state index in [1.165, 1.54) is 0 Å². The molecule has 1 aliphatic heterocycles. The van der Waals surface area contributed by atoms with Crippen LogP contribution in [-0.2, 0) is 0 Å². The molecular formula is C13H13N3O2. The Labute approximate surface area is 105 Å². The lowest BCUT2D eigenvalue weighted by Crippen LogP contribution is -2.02. The summed E-state index contributed by atoms with van der Waals surface area (Å²) in [6.45, 7) is 4.01. The summed E-state index contributed by atoms with van der Waals surface area (Å²) in [4.78, 5) is 8.54. The number of hydrogen-bond donors (Lipinski definition) is 1. The summed E-state index contributed by atoms with van der Waals surface area (Å²) in [5.41, 5.74) is 8.62. The number of nitrogens with two attached hydrogens (primary N) is 1. The second kappa shape index (κ2) is 3.87. The molecule has 0 bridgehead atoms. The first-order valence-electron chi connectivity index (χ1n) is 5.66. The van der Waals surface area contributed by atoms with E-state index in [4.69, 9.17) is 15.2 Å². The fourth-order valence-electron chi connectivity index (χ4n) is 2.15. The van der Waals surface area contributed by atoms with Gasteiger partial charge in [0.1, 0.15) is 11.6 Å². The Morgan fingerprint density at radius 1 is 1.11 bits per heavy atom. The van der Waals surface area contributed by atoms with Gasteiger partial charge >= 0.3 is 0 Å². The number of hydrogen-bond acceptors (Lipinski definition) is 5. The maximum Gasteiger partial charge on any atom is 0.231 e. The van der Waals surface area contributed by atoms with Crippen molar-refractivity contribution >= 4 is 5.82 Å². The van der Waals surface area contributed by atoms with Gasteiger partial charge in [0.05, 0.1) is 5.69 Å². The van der Waals surface area contributed by atoms with Crippen molar-refractivity contribution in [1.82, 2.24) is 9.97 Å². The van der Waals surface area contributed by atoms with Crippen molar-refractivity contribution in [2.45, 2.75) is 13.8 Å². The summed E-state index contributed by atoms with van der Waals surface area (Å²) in [5.74, 6) is 2.64. The van der Waals surface area contributed by atoms with Gasteiger partial charge in [-0.25, -0.2) is 9.97 Å². The van der Waals surface area contributed by atoms with Crippen molar-refractivity contribution in [2.75, 3.05) is 12.5 Å². The number of rotatable bonds is 1. The van der Waals surface area contributed by atoms with Crippen molar-refractivity contribution in [1.29, 1.82) is 0 Å². The Hall–Kier alpha value is -2.30. The number of fused-ring (bicyclic) bond motifs is 1. The zero-order valence-electron chi connectivity index (χ0n) is 10.2. The smallest absolute Gasteiger partial charge is 0.231 e. The number of anilines is 1. The van der Waals surface area contributed by atoms with Gasteiger partial charge in [-0.15, -0.1) is 0 Å². The van der Waals surface area contributed by atoms with Crippen LogP contribution in [0.3, 0.4) is 0 Å². The Balaban J connectivity index is 2.16. The van der Waals surface area contributed by atoms with Crippen LogP contribution in [-0.4, -0.2) is 16.8 Å². The highest BCUT2D eigenvalue weighted by molar-refractivity contribution is 5.77. The predicted octanol–water partition coefficient (Wildman–Crippen LogP) is 2.07. The van der Waals surface area contributed by atoms with E-state index in [0.717, 1.165) is 28.3 Å². The van der Waals surface area contributed by atoms with Crippen LogP contribution in [0.25, 0.3) is 11.1 Å². The van der Waals surface area contributed by atoms with E-state index in [-0.39, 0.29) is 6.79 Å². The number of aromatic nitrogens is 2. The normalized spacial score (nSPS) is 12.8. The molecule has 2 aromatic rings. The van der Waals surface area contributed by atoms with Gasteiger partial charge in [0.2, 0.25) is 6.79 Å². The van der Waals surface area contributed by atoms with Crippen molar-refractivity contribution < 1.29 is 9.47 Å². The number of benzene rings is 1. The van der Waals surface area contributed by atoms with E-state index in [0.29, 0.717) is 11.6 Å². The van der Waals surface area contributed by atoms with E-state index in [1.54, 1.807) is 0 Å². The Morgan fingerprint density at radius 2 is 1.89 bits per heavy atom. The van der Waals surface area contributed by atoms with Crippen molar-refractivity contribution in [3.8, 4) is 22.6 Å². The number of nitrogen functional groups attached to an aromatic ring is 1. The standard InChI is InChI=1S/C13H13N3O2/c1-7-12(13(14)16-8(2)15-7)9-3-4-10-11(5-9)18-6-17-10/h3-5H,6H2,1-2H3,(H2,14,15,16). The van der Waals surface area contributed by atoms with E-state index in [1.807, 2.05) is 32.0 Å². The minimum absolute atomic E-state index is 0.262. The second-order valence-corrected chi connectivity index (χ2v) is 4.18. The molecular weight excluding hydrogens is 230 g/mol. The lowest BCUT2D eigenvalue weighted by atomic mass is 10.0. The molecule has 2 heterocycles. The summed E-state index contributed by atoms with van der Waals surface area (Å²) in [6.07, 6.45) is 0. The van der Waals surface area contributed by atoms with Gasteiger partial charge in [-0.1, -0.05) is 6.07 Å². The zero-order chi connectivity index (χ0) is 12.7. The molecule has 5 nitrogen and oxygen atoms in total. The topological polar surface area (TPSA) is 70.3 Å². The van der Waals surface area contributed by atoms with E-state index < -0.39 is 0 Å². The highest BCUT2D eigenvalue weighted by Gasteiger charge is 2.16. The predicted molar refractivity (Wildman–Crippen MR) is 67.5 cm³/mol. The van der Waals surface area contributed by atoms with Gasteiger partial charge in [-0.3, -0.25) is 0 Å². The molecule has 18 heavy (non-hydrogen) atoms. The van der Waals surface area contributed by atoms with Crippen LogP contribution in [0.5, 0.6) is 11.5 Å². The van der Waals surface area contributed by atoms with Crippen LogP contribution in [0.15, 0.2) is 18.2 Å². The highest BCUT2D eigenvalue weighted by Crippen LogP contribution is 2.37. The molecule has 0 radical (unpaired) electrons. The lowest BCUT2D eigenvalue weighted by molar-refractivity contribution is 0.174. The summed E-state index contributed by atoms with van der Waals surface area (Å²) in [7, 11) is 0. The van der Waals surface area contributed by atoms with Crippen LogP contribution >= 0.6 is 0 Å². The molecule has 0 saturated carbocycles. The molecule has 0 saturated heterocycles. The molecule has 0 fully saturated rings. The summed E-state index contributed by atoms with van der Waals surface area (Å²) < 4.78 is 10.6. The van der Waals surface area contributed by atoms with Crippen LogP contribution in [0.4, 0.5) is 5.82 Å². The first-order chi connectivity index (χ1) is 8.65. The molecule has 0 aliphatic carbocycles. The molecule has 0 amide bonds. The van der Waals surface area contributed by atoms with Crippen molar-refractivity contribution in [3.05, 3.63) is 29.7 Å². The highest BCUT2D eigenvalue weighted by atomic mass is 16.7. The first kappa shape index (κ1) is 10.8. The molecule has 3 rings (SSSR count). The molecule has 0 unspecified atom stereocenters. The quantitative estimate of drug-likeness (QED) is 0.830. The van der Waals surface area contributed by atoms with Gasteiger partial charge in [-0.2, -0.15) is 0 Å². The third-order valence-corrected chi connectivity index (χ3v) is 2.89. The van der Waals surface area contributed by atoms with Gasteiger partial charge in [0, 0.05) is 5.56 Å². The second-order valence-electron chi connectivity index (χ2n) is 4.18. The van der Waals surface area contributed by atoms with Gasteiger partial charge in [0.15, 0.2) is 11.5 Å². The fraction of sp³-hybridized carbons (Fsp3) is 0.231. The van der Waals surface area contributed by atoms with Gasteiger partial charge in [-0.05, 0) is 31.5 Å². The number of nitrogens with zero attached hydrogens (tertiary/aromatic N) is 2. The molecule has 1 aliphatic rings. The third kappa shape index (κ3) is 1.64. The first-order valence-corrected chi connectivity index (χ1v) is 5.66. The summed E-state index contributed by atoms with van der Waals surface area (Å²) >= 11 is 0. The monoisotopic (exact) mass is 243 g/mol. The average molecular weight is 243 g/mol. The lowest BCUT2D eigenvalue weighted by Gasteiger charge is -2.09. The van der Waals surface area contributed by atoms with Crippen LogP contribution < -0.4 is 15.2 Å². The van der Waals surface area contributed by atoms with Crippen LogP contribution in [0, 0.1) is 13.8 Å². The molecule has 2 N–H and O–H groups in total. The Morgan fingerprint density at radius 3 is 2.67 bits per heavy atom. The van der Waals surface area contributed by atoms with E-state index in [9.17, 15) is 0 Å². The maximum atomic E-state index is 5.98. The van der Waals surface area contributed by atoms with Crippen LogP contribution in [0.2, 0.25) is 0 Å². The molecule has 5 heteroatoms. The zero-order valence-corrected chi connectivity index (χ0v) is 10.2. The summed E-state index contributed by atoms with van der Waals surface area (Å²) in [6, 6.07) is 5.71. The third-order valence-electron chi connectivity index (χ3n) is 2.89. The Kier molecular flexibility index (Phi) is 2.33. The maximum absolute atomic E-state index is 5.98. The molecule has 92 valence electrons. The largest absolute Gasteiger partial charge is 0.454 e. The molecule has 1 aromatic heterocycles. The van der Waals surface area contributed by atoms with Crippen molar-refractivity contribution in [2.24, 2.45) is 0 Å². The molecule has 0 spiro atoms. The van der Waals surface area contributed by atoms with Gasteiger partial charge < -0.3 is 15.2 Å². The number of aryl methyl sites for hydroxylation is 2. The van der Waals surface area contributed by atoms with E-state index in [2.05, 4.69) is 9.97 Å². The fourth-order valence-corrected chi connectivity index (χ4v) is 2.15. The molecule has 1 aromatic carbocycles. The Bertz CT molecular complexity index is 603. The molecule has 0 atom stereocenters. The van der Waals surface area contributed by atoms with Gasteiger partial charge in [0.25, 0.3) is 0 Å². The minimum atomic E-state index is 0.262. The summed E-state index contributed by atoms with van der Waals surface area (Å²) in [5, 5.41) is 0. The van der Waals surface area contributed by atoms with Crippen LogP contribution in [0.1, 0.15) is 11.5 Å². The van der Waals surface area contributed by atoms with E-state index >= 15 is 0 Å². The SMILES string of the molecule is Cc1nc(C)c(-c2ccc3c(c2)OCO3)c(N)n1. The minimum Gasteiger partial charge on any atom is -0.454 e. The average Bonchev–Trinajstić information content (AvgIpc) is 2.74. The number of ether oxygens (including phenoxy) is 2. The van der Waals surface area contributed by atoms with Crippen molar-refractivity contribution in [3.63, 3.8) is 0 Å².